The molecule has 0 atom stereocenters. The molecule has 0 aliphatic carbocycles. The second kappa shape index (κ2) is 12.7. The van der Waals surface area contributed by atoms with Crippen LogP contribution in [-0.2, 0) is 6.42 Å². The number of anilines is 2. The van der Waals surface area contributed by atoms with Crippen molar-refractivity contribution < 1.29 is 9.53 Å². The summed E-state index contributed by atoms with van der Waals surface area (Å²) in [5, 5.41) is 5.92. The van der Waals surface area contributed by atoms with Crippen molar-refractivity contribution in [1.29, 1.82) is 0 Å². The van der Waals surface area contributed by atoms with E-state index >= 15 is 0 Å². The van der Waals surface area contributed by atoms with Crippen molar-refractivity contribution in [3.8, 4) is 17.0 Å². The van der Waals surface area contributed by atoms with Crippen LogP contribution < -0.4 is 20.3 Å². The Balaban J connectivity index is 1.59. The Morgan fingerprint density at radius 2 is 1.85 bits per heavy atom. The predicted molar refractivity (Wildman–Crippen MR) is 140 cm³/mol. The highest BCUT2D eigenvalue weighted by Gasteiger charge is 2.15. The number of unbranched alkanes of at least 4 members (excludes halogenated alkanes) is 2. The van der Waals surface area contributed by atoms with Crippen LogP contribution in [0.2, 0.25) is 0 Å². The van der Waals surface area contributed by atoms with Gasteiger partial charge in [-0.15, -0.1) is 0 Å². The number of aromatic nitrogens is 2. The molecular formula is C27H37N5O2. The van der Waals surface area contributed by atoms with Crippen molar-refractivity contribution in [2.24, 2.45) is 0 Å². The van der Waals surface area contributed by atoms with Gasteiger partial charge in [-0.3, -0.25) is 0 Å². The zero-order valence-electron chi connectivity index (χ0n) is 20.8. The first kappa shape index (κ1) is 25.1. The average molecular weight is 464 g/mol. The summed E-state index contributed by atoms with van der Waals surface area (Å²) in [7, 11) is 3.90. The lowest BCUT2D eigenvalue weighted by atomic mass is 10.1. The Morgan fingerprint density at radius 3 is 2.59 bits per heavy atom. The van der Waals surface area contributed by atoms with Gasteiger partial charge in [0.25, 0.3) is 0 Å². The molecule has 7 heteroatoms. The van der Waals surface area contributed by atoms with Crippen molar-refractivity contribution in [3.05, 3.63) is 60.0 Å². The van der Waals surface area contributed by atoms with Crippen LogP contribution in [0, 0.1) is 6.92 Å². The van der Waals surface area contributed by atoms with E-state index in [0.29, 0.717) is 24.6 Å². The lowest BCUT2D eigenvalue weighted by molar-refractivity contribution is 0.251. The highest BCUT2D eigenvalue weighted by molar-refractivity contribution is 5.95. The SMILES string of the molecule is CCCCCNC(=O)Nc1c(OCCCc2nc(-c3ccccc3)c(C)[nH]2)cccc1N(C)C. The third-order valence-electron chi connectivity index (χ3n) is 5.59. The van der Waals surface area contributed by atoms with Crippen LogP contribution in [0.5, 0.6) is 5.75 Å². The zero-order chi connectivity index (χ0) is 24.3. The molecule has 0 spiro atoms. The van der Waals surface area contributed by atoms with Crippen molar-refractivity contribution in [1.82, 2.24) is 15.3 Å². The van der Waals surface area contributed by atoms with Crippen LogP contribution in [0.1, 0.15) is 44.1 Å². The molecule has 3 N–H and O–H groups in total. The molecule has 0 aliphatic heterocycles. The number of urea groups is 1. The van der Waals surface area contributed by atoms with E-state index in [-0.39, 0.29) is 6.03 Å². The summed E-state index contributed by atoms with van der Waals surface area (Å²) in [5.41, 5.74) is 4.75. The van der Waals surface area contributed by atoms with Crippen LogP contribution in [0.4, 0.5) is 16.2 Å². The number of para-hydroxylation sites is 1. The molecule has 182 valence electrons. The number of ether oxygens (including phenoxy) is 1. The van der Waals surface area contributed by atoms with Crippen LogP contribution >= 0.6 is 0 Å². The molecule has 0 saturated carbocycles. The van der Waals surface area contributed by atoms with Gasteiger partial charge in [-0.1, -0.05) is 56.2 Å². The number of carbonyl (C=O) groups excluding carboxylic acids is 1. The first-order valence-electron chi connectivity index (χ1n) is 12.1. The van der Waals surface area contributed by atoms with Crippen LogP contribution in [0.15, 0.2) is 48.5 Å². The van der Waals surface area contributed by atoms with Gasteiger partial charge in [-0.25, -0.2) is 9.78 Å². The summed E-state index contributed by atoms with van der Waals surface area (Å²) in [6.07, 6.45) is 4.78. The van der Waals surface area contributed by atoms with Gasteiger partial charge in [0.05, 0.1) is 18.0 Å². The minimum absolute atomic E-state index is 0.213. The molecule has 0 bridgehead atoms. The van der Waals surface area contributed by atoms with Crippen LogP contribution in [0.25, 0.3) is 11.3 Å². The van der Waals surface area contributed by atoms with Gasteiger partial charge in [-0.2, -0.15) is 0 Å². The summed E-state index contributed by atoms with van der Waals surface area (Å²) in [6.45, 7) is 5.37. The molecule has 2 aromatic carbocycles. The Labute approximate surface area is 202 Å². The largest absolute Gasteiger partial charge is 0.491 e. The van der Waals surface area contributed by atoms with Gasteiger partial charge < -0.3 is 25.3 Å². The molecule has 3 rings (SSSR count). The Hall–Kier alpha value is -3.48. The third kappa shape index (κ3) is 7.01. The van der Waals surface area contributed by atoms with Crippen molar-refractivity contribution >= 4 is 17.4 Å². The molecule has 0 unspecified atom stereocenters. The summed E-state index contributed by atoms with van der Waals surface area (Å²) in [6, 6.07) is 15.8. The maximum Gasteiger partial charge on any atom is 0.319 e. The smallest absolute Gasteiger partial charge is 0.319 e. The normalized spacial score (nSPS) is 10.7. The van der Waals surface area contributed by atoms with Crippen molar-refractivity contribution in [2.75, 3.05) is 37.5 Å². The Morgan fingerprint density at radius 1 is 1.06 bits per heavy atom. The second-order valence-electron chi connectivity index (χ2n) is 8.61. The number of amides is 2. The van der Waals surface area contributed by atoms with E-state index in [1.807, 2.05) is 62.3 Å². The Bertz CT molecular complexity index is 1050. The minimum atomic E-state index is -0.213. The lowest BCUT2D eigenvalue weighted by Crippen LogP contribution is -2.30. The van der Waals surface area contributed by atoms with Crippen molar-refractivity contribution in [2.45, 2.75) is 46.0 Å². The Kier molecular flexibility index (Phi) is 9.38. The molecule has 0 fully saturated rings. The number of aryl methyl sites for hydroxylation is 2. The van der Waals surface area contributed by atoms with Gasteiger partial charge in [0.2, 0.25) is 0 Å². The van der Waals surface area contributed by atoms with E-state index in [1.165, 1.54) is 0 Å². The number of hydrogen-bond acceptors (Lipinski definition) is 4. The standard InChI is InChI=1S/C27H37N5O2/c1-5-6-10-18-28-27(33)31-26-22(32(3)4)15-11-16-23(26)34-19-12-17-24-29-20(2)25(30-24)21-13-8-7-9-14-21/h7-9,11,13-16H,5-6,10,12,17-19H2,1-4H3,(H,29,30)(H2,28,31,33). The van der Waals surface area contributed by atoms with E-state index < -0.39 is 0 Å². The molecule has 2 amide bonds. The molecule has 1 aromatic heterocycles. The molecule has 3 aromatic rings. The summed E-state index contributed by atoms with van der Waals surface area (Å²) in [5.74, 6) is 1.61. The highest BCUT2D eigenvalue weighted by Crippen LogP contribution is 2.34. The molecule has 34 heavy (non-hydrogen) atoms. The second-order valence-corrected chi connectivity index (χ2v) is 8.61. The summed E-state index contributed by atoms with van der Waals surface area (Å²) < 4.78 is 6.10. The lowest BCUT2D eigenvalue weighted by Gasteiger charge is -2.21. The monoisotopic (exact) mass is 463 g/mol. The van der Waals surface area contributed by atoms with E-state index in [0.717, 1.165) is 60.6 Å². The minimum Gasteiger partial charge on any atom is -0.491 e. The van der Waals surface area contributed by atoms with E-state index in [2.05, 4.69) is 34.7 Å². The van der Waals surface area contributed by atoms with E-state index in [4.69, 9.17) is 9.72 Å². The number of aromatic amines is 1. The quantitative estimate of drug-likeness (QED) is 0.298. The van der Waals surface area contributed by atoms with Crippen LogP contribution in [-0.4, -0.2) is 43.2 Å². The summed E-state index contributed by atoms with van der Waals surface area (Å²) >= 11 is 0. The number of nitrogens with one attached hydrogen (secondary N) is 3. The molecule has 0 aliphatic rings. The van der Waals surface area contributed by atoms with E-state index in [1.54, 1.807) is 0 Å². The molecule has 1 heterocycles. The zero-order valence-corrected chi connectivity index (χ0v) is 20.8. The fraction of sp³-hybridized carbons (Fsp3) is 0.407. The number of rotatable bonds is 12. The number of hydrogen-bond donors (Lipinski definition) is 3. The first-order valence-corrected chi connectivity index (χ1v) is 12.1. The fourth-order valence-electron chi connectivity index (χ4n) is 3.81. The average Bonchev–Trinajstić information content (AvgIpc) is 3.21. The fourth-order valence-corrected chi connectivity index (χ4v) is 3.81. The molecule has 7 nitrogen and oxygen atoms in total. The first-order chi connectivity index (χ1) is 16.5. The van der Waals surface area contributed by atoms with Gasteiger partial charge in [-0.05, 0) is 31.9 Å². The van der Waals surface area contributed by atoms with Gasteiger partial charge in [0.15, 0.2) is 0 Å². The molecule has 0 saturated heterocycles. The van der Waals surface area contributed by atoms with Gasteiger partial charge >= 0.3 is 6.03 Å². The number of H-pyrrole nitrogens is 1. The molecular weight excluding hydrogens is 426 g/mol. The number of benzene rings is 2. The topological polar surface area (TPSA) is 82.3 Å². The van der Waals surface area contributed by atoms with Crippen molar-refractivity contribution in [3.63, 3.8) is 0 Å². The molecule has 0 radical (unpaired) electrons. The number of nitrogens with zero attached hydrogens (tertiary/aromatic N) is 2. The number of imidazole rings is 1. The highest BCUT2D eigenvalue weighted by atomic mass is 16.5. The maximum atomic E-state index is 12.5. The number of carbonyl (C=O) groups is 1. The summed E-state index contributed by atoms with van der Waals surface area (Å²) in [4.78, 5) is 22.6. The van der Waals surface area contributed by atoms with Gasteiger partial charge in [0, 0.05) is 38.3 Å². The third-order valence-corrected chi connectivity index (χ3v) is 5.59. The predicted octanol–water partition coefficient (Wildman–Crippen LogP) is 5.77. The maximum absolute atomic E-state index is 12.5. The van der Waals surface area contributed by atoms with E-state index in [9.17, 15) is 4.79 Å². The van der Waals surface area contributed by atoms with Gasteiger partial charge in [0.1, 0.15) is 17.3 Å². The van der Waals surface area contributed by atoms with Crippen LogP contribution in [0.3, 0.4) is 0 Å².